The average molecular weight is 273 g/mol. The van der Waals surface area contributed by atoms with Gasteiger partial charge in [-0.25, -0.2) is 4.98 Å². The summed E-state index contributed by atoms with van der Waals surface area (Å²) in [4.78, 5) is 4.14. The van der Waals surface area contributed by atoms with Crippen LogP contribution in [0.5, 0.6) is 0 Å². The minimum absolute atomic E-state index is 0.264. The van der Waals surface area contributed by atoms with Gasteiger partial charge in [0.25, 0.3) is 0 Å². The van der Waals surface area contributed by atoms with Gasteiger partial charge >= 0.3 is 0 Å². The number of fused-ring (bicyclic) bond motifs is 1. The average Bonchev–Trinajstić information content (AvgIpc) is 2.14. The molecule has 0 spiro atoms. The quantitative estimate of drug-likeness (QED) is 0.775. The number of anilines is 2. The Morgan fingerprint density at radius 1 is 1.29 bits per heavy atom. The molecule has 0 radical (unpaired) electrons. The molecule has 3 nitrogen and oxygen atoms in total. The molecule has 0 unspecified atom stereocenters. The molecule has 5 heteroatoms. The SMILES string of the molecule is Nc1nc2cc(Br)ccc2c(Cl)c1N. The van der Waals surface area contributed by atoms with Crippen molar-refractivity contribution in [2.24, 2.45) is 0 Å². The Balaban J connectivity index is 2.91. The molecule has 1 heterocycles. The van der Waals surface area contributed by atoms with Gasteiger partial charge in [-0.2, -0.15) is 0 Å². The molecular formula is C9H7BrClN3. The molecule has 0 aliphatic heterocycles. The predicted molar refractivity (Wildman–Crippen MR) is 63.3 cm³/mol. The van der Waals surface area contributed by atoms with Crippen LogP contribution in [0.4, 0.5) is 11.5 Å². The second-order valence-corrected chi connectivity index (χ2v) is 4.18. The highest BCUT2D eigenvalue weighted by Crippen LogP contribution is 2.32. The number of hydrogen-bond donors (Lipinski definition) is 2. The van der Waals surface area contributed by atoms with E-state index in [2.05, 4.69) is 20.9 Å². The van der Waals surface area contributed by atoms with E-state index in [9.17, 15) is 0 Å². The zero-order valence-electron chi connectivity index (χ0n) is 7.09. The van der Waals surface area contributed by atoms with Gasteiger partial charge in [-0.3, -0.25) is 0 Å². The second kappa shape index (κ2) is 3.29. The lowest BCUT2D eigenvalue weighted by Crippen LogP contribution is -1.99. The Hall–Kier alpha value is -1.00. The summed E-state index contributed by atoms with van der Waals surface area (Å²) in [6.45, 7) is 0. The van der Waals surface area contributed by atoms with E-state index in [4.69, 9.17) is 23.1 Å². The van der Waals surface area contributed by atoms with E-state index in [1.54, 1.807) is 0 Å². The maximum Gasteiger partial charge on any atom is 0.148 e. The van der Waals surface area contributed by atoms with Gasteiger partial charge in [0.15, 0.2) is 0 Å². The van der Waals surface area contributed by atoms with Gasteiger partial charge in [0.05, 0.1) is 16.2 Å². The molecule has 2 rings (SSSR count). The lowest BCUT2D eigenvalue weighted by molar-refractivity contribution is 1.41. The minimum atomic E-state index is 0.264. The first-order valence-electron chi connectivity index (χ1n) is 3.89. The summed E-state index contributed by atoms with van der Waals surface area (Å²) in [5.74, 6) is 0.264. The fourth-order valence-electron chi connectivity index (χ4n) is 1.23. The van der Waals surface area contributed by atoms with E-state index in [0.717, 1.165) is 15.4 Å². The van der Waals surface area contributed by atoms with Gasteiger partial charge in [-0.15, -0.1) is 0 Å². The summed E-state index contributed by atoms with van der Waals surface area (Å²) in [6.07, 6.45) is 0. The molecule has 4 N–H and O–H groups in total. The van der Waals surface area contributed by atoms with E-state index in [1.165, 1.54) is 0 Å². The highest BCUT2D eigenvalue weighted by Gasteiger charge is 2.08. The number of benzene rings is 1. The first kappa shape index (κ1) is 9.55. The Morgan fingerprint density at radius 3 is 2.71 bits per heavy atom. The summed E-state index contributed by atoms with van der Waals surface area (Å²) in [6, 6.07) is 5.58. The van der Waals surface area contributed by atoms with Gasteiger partial charge in [-0.05, 0) is 12.1 Å². The number of nitrogen functional groups attached to an aromatic ring is 2. The molecule has 0 aliphatic rings. The van der Waals surface area contributed by atoms with Gasteiger partial charge in [0.1, 0.15) is 5.82 Å². The summed E-state index contributed by atoms with van der Waals surface area (Å²) in [5, 5.41) is 1.27. The van der Waals surface area contributed by atoms with Crippen LogP contribution in [-0.2, 0) is 0 Å². The second-order valence-electron chi connectivity index (χ2n) is 2.89. The lowest BCUT2D eigenvalue weighted by Gasteiger charge is -2.06. The third-order valence-corrected chi connectivity index (χ3v) is 2.85. The van der Waals surface area contributed by atoms with E-state index in [-0.39, 0.29) is 5.82 Å². The number of aromatic nitrogens is 1. The molecule has 72 valence electrons. The minimum Gasteiger partial charge on any atom is -0.395 e. The van der Waals surface area contributed by atoms with Crippen LogP contribution in [-0.4, -0.2) is 4.98 Å². The van der Waals surface area contributed by atoms with Gasteiger partial charge in [-0.1, -0.05) is 33.6 Å². The molecular weight excluding hydrogens is 265 g/mol. The molecule has 1 aromatic carbocycles. The molecule has 1 aromatic heterocycles. The lowest BCUT2D eigenvalue weighted by atomic mass is 10.2. The molecule has 0 aliphatic carbocycles. The number of halogens is 2. The monoisotopic (exact) mass is 271 g/mol. The third-order valence-electron chi connectivity index (χ3n) is 1.95. The number of nitrogens with two attached hydrogens (primary N) is 2. The standard InChI is InChI=1S/C9H7BrClN3/c10-4-1-2-5-6(3-4)14-9(13)8(12)7(5)11/h1-3H,12H2,(H2,13,14). The Morgan fingerprint density at radius 2 is 2.00 bits per heavy atom. The van der Waals surface area contributed by atoms with Crippen LogP contribution >= 0.6 is 27.5 Å². The van der Waals surface area contributed by atoms with Crippen molar-refractivity contribution in [2.45, 2.75) is 0 Å². The summed E-state index contributed by atoms with van der Waals surface area (Å²) < 4.78 is 0.928. The predicted octanol–water partition coefficient (Wildman–Crippen LogP) is 2.82. The van der Waals surface area contributed by atoms with E-state index in [0.29, 0.717) is 10.7 Å². The van der Waals surface area contributed by atoms with Crippen molar-refractivity contribution in [3.05, 3.63) is 27.7 Å². The van der Waals surface area contributed by atoms with Crippen molar-refractivity contribution in [2.75, 3.05) is 11.5 Å². The van der Waals surface area contributed by atoms with Gasteiger partial charge in [0.2, 0.25) is 0 Å². The number of rotatable bonds is 0. The van der Waals surface area contributed by atoms with Gasteiger partial charge in [0, 0.05) is 9.86 Å². The Labute approximate surface area is 94.2 Å². The number of nitrogens with zero attached hydrogens (tertiary/aromatic N) is 1. The first-order chi connectivity index (χ1) is 6.59. The van der Waals surface area contributed by atoms with E-state index >= 15 is 0 Å². The fourth-order valence-corrected chi connectivity index (χ4v) is 1.84. The summed E-state index contributed by atoms with van der Waals surface area (Å²) >= 11 is 9.37. The van der Waals surface area contributed by atoms with Crippen LogP contribution in [0, 0.1) is 0 Å². The smallest absolute Gasteiger partial charge is 0.148 e. The molecule has 0 bridgehead atoms. The third kappa shape index (κ3) is 1.40. The maximum atomic E-state index is 6.02. The molecule has 0 saturated heterocycles. The maximum absolute atomic E-state index is 6.02. The van der Waals surface area contributed by atoms with E-state index in [1.807, 2.05) is 18.2 Å². The van der Waals surface area contributed by atoms with Crippen molar-refractivity contribution >= 4 is 49.9 Å². The summed E-state index contributed by atoms with van der Waals surface area (Å²) in [5.41, 5.74) is 12.3. The van der Waals surface area contributed by atoms with Crippen LogP contribution in [0.2, 0.25) is 5.02 Å². The largest absolute Gasteiger partial charge is 0.395 e. The van der Waals surface area contributed by atoms with Crippen molar-refractivity contribution in [1.29, 1.82) is 0 Å². The fraction of sp³-hybridized carbons (Fsp3) is 0. The van der Waals surface area contributed by atoms with Crippen molar-refractivity contribution in [1.82, 2.24) is 4.98 Å². The van der Waals surface area contributed by atoms with Crippen LogP contribution < -0.4 is 11.5 Å². The zero-order valence-corrected chi connectivity index (χ0v) is 9.43. The number of pyridine rings is 1. The highest BCUT2D eigenvalue weighted by atomic mass is 79.9. The van der Waals surface area contributed by atoms with Crippen molar-refractivity contribution < 1.29 is 0 Å². The highest BCUT2D eigenvalue weighted by molar-refractivity contribution is 9.10. The van der Waals surface area contributed by atoms with Crippen LogP contribution in [0.3, 0.4) is 0 Å². The van der Waals surface area contributed by atoms with Gasteiger partial charge < -0.3 is 11.5 Å². The van der Waals surface area contributed by atoms with Crippen LogP contribution in [0.25, 0.3) is 10.9 Å². The van der Waals surface area contributed by atoms with E-state index < -0.39 is 0 Å². The zero-order chi connectivity index (χ0) is 10.3. The number of hydrogen-bond acceptors (Lipinski definition) is 3. The summed E-state index contributed by atoms with van der Waals surface area (Å²) in [7, 11) is 0. The molecule has 0 atom stereocenters. The van der Waals surface area contributed by atoms with Crippen molar-refractivity contribution in [3.8, 4) is 0 Å². The van der Waals surface area contributed by atoms with Crippen LogP contribution in [0.1, 0.15) is 0 Å². The molecule has 0 saturated carbocycles. The Bertz CT molecular complexity index is 513. The molecule has 0 amide bonds. The topological polar surface area (TPSA) is 64.9 Å². The Kier molecular flexibility index (Phi) is 2.25. The van der Waals surface area contributed by atoms with Crippen LogP contribution in [0.15, 0.2) is 22.7 Å². The van der Waals surface area contributed by atoms with Crippen molar-refractivity contribution in [3.63, 3.8) is 0 Å². The first-order valence-corrected chi connectivity index (χ1v) is 5.06. The molecule has 0 fully saturated rings. The normalized spacial score (nSPS) is 10.7. The molecule has 14 heavy (non-hydrogen) atoms. The molecule has 2 aromatic rings.